The molecule has 0 heterocycles. The van der Waals surface area contributed by atoms with E-state index in [9.17, 15) is 9.90 Å². The van der Waals surface area contributed by atoms with Crippen molar-refractivity contribution in [3.05, 3.63) is 84.9 Å². The van der Waals surface area contributed by atoms with Crippen molar-refractivity contribution in [3.63, 3.8) is 0 Å². The van der Waals surface area contributed by atoms with Gasteiger partial charge in [0.25, 0.3) is 0 Å². The predicted molar refractivity (Wildman–Crippen MR) is 91.3 cm³/mol. The van der Waals surface area contributed by atoms with Crippen molar-refractivity contribution in [3.8, 4) is 22.6 Å². The fraction of sp³-hybridized carbons (Fsp3) is 0.0500. The first-order chi connectivity index (χ1) is 11.2. The van der Waals surface area contributed by atoms with Crippen LogP contribution in [0.4, 0.5) is 0 Å². The average Bonchev–Trinajstić information content (AvgIpc) is 2.57. The summed E-state index contributed by atoms with van der Waals surface area (Å²) in [5.41, 5.74) is 1.92. The first-order valence-corrected chi connectivity index (χ1v) is 7.23. The minimum Gasteiger partial charge on any atom is -0.507 e. The summed E-state index contributed by atoms with van der Waals surface area (Å²) < 4.78 is 4.78. The van der Waals surface area contributed by atoms with E-state index < -0.39 is 0 Å². The van der Waals surface area contributed by atoms with Crippen molar-refractivity contribution in [1.29, 1.82) is 0 Å². The van der Waals surface area contributed by atoms with Crippen LogP contribution in [0.25, 0.3) is 11.1 Å². The number of aromatic hydroxyl groups is 1. The SMILES string of the molecule is CC(=O)Oc1ccccc1.Oc1ccccc1-c1ccccc1.[Hg+2]. The number of ether oxygens (including phenoxy) is 1. The molecule has 0 aromatic heterocycles. The summed E-state index contributed by atoms with van der Waals surface area (Å²) in [6, 6.07) is 26.2. The number of benzene rings is 3. The summed E-state index contributed by atoms with van der Waals surface area (Å²) in [6.45, 7) is 1.38. The number of rotatable bonds is 2. The van der Waals surface area contributed by atoms with Gasteiger partial charge in [0.05, 0.1) is 0 Å². The maximum Gasteiger partial charge on any atom is 2.00 e. The zero-order valence-corrected chi connectivity index (χ0v) is 19.1. The van der Waals surface area contributed by atoms with Crippen LogP contribution in [0, 0.1) is 0 Å². The van der Waals surface area contributed by atoms with Crippen LogP contribution in [0.1, 0.15) is 6.92 Å². The van der Waals surface area contributed by atoms with Crippen LogP contribution < -0.4 is 4.74 Å². The van der Waals surface area contributed by atoms with Gasteiger partial charge >= 0.3 is 33.6 Å². The molecule has 0 saturated carbocycles. The van der Waals surface area contributed by atoms with Crippen molar-refractivity contribution in [2.45, 2.75) is 6.92 Å². The van der Waals surface area contributed by atoms with Crippen LogP contribution in [-0.2, 0) is 32.5 Å². The molecule has 24 heavy (non-hydrogen) atoms. The van der Waals surface area contributed by atoms with Crippen molar-refractivity contribution in [2.24, 2.45) is 0 Å². The molecule has 0 aliphatic heterocycles. The summed E-state index contributed by atoms with van der Waals surface area (Å²) in [5.74, 6) is 0.634. The monoisotopic (exact) mass is 508 g/mol. The number of phenolic OH excluding ortho intramolecular Hbond substituents is 1. The molecule has 0 atom stereocenters. The fourth-order valence-electron chi connectivity index (χ4n) is 1.99. The van der Waals surface area contributed by atoms with E-state index in [2.05, 4.69) is 0 Å². The Labute approximate surface area is 162 Å². The van der Waals surface area contributed by atoms with E-state index >= 15 is 0 Å². The number of hydrogen-bond donors (Lipinski definition) is 1. The Kier molecular flexibility index (Phi) is 8.80. The van der Waals surface area contributed by atoms with Gasteiger partial charge in [0.15, 0.2) is 0 Å². The normalized spacial score (nSPS) is 9.04. The maximum absolute atomic E-state index is 10.4. The minimum atomic E-state index is -0.286. The topological polar surface area (TPSA) is 46.5 Å². The maximum atomic E-state index is 10.4. The fourth-order valence-corrected chi connectivity index (χ4v) is 1.99. The molecule has 4 heteroatoms. The molecule has 0 radical (unpaired) electrons. The summed E-state index contributed by atoms with van der Waals surface area (Å²) in [7, 11) is 0. The van der Waals surface area contributed by atoms with Crippen LogP contribution >= 0.6 is 0 Å². The third-order valence-corrected chi connectivity index (χ3v) is 2.99. The van der Waals surface area contributed by atoms with E-state index in [0.29, 0.717) is 11.5 Å². The molecule has 0 aliphatic rings. The van der Waals surface area contributed by atoms with Gasteiger partial charge in [0.1, 0.15) is 11.5 Å². The summed E-state index contributed by atoms with van der Waals surface area (Å²) in [4.78, 5) is 10.4. The van der Waals surface area contributed by atoms with Crippen LogP contribution in [0.2, 0.25) is 0 Å². The molecule has 0 fully saturated rings. The Morgan fingerprint density at radius 3 is 1.83 bits per heavy atom. The molecular formula is C20H18HgO3+2. The Hall–Kier alpha value is -2.13. The first-order valence-electron chi connectivity index (χ1n) is 7.23. The van der Waals surface area contributed by atoms with Gasteiger partial charge in [-0.1, -0.05) is 66.7 Å². The van der Waals surface area contributed by atoms with Gasteiger partial charge in [-0.2, -0.15) is 0 Å². The van der Waals surface area contributed by atoms with Gasteiger partial charge in [-0.25, -0.2) is 0 Å². The van der Waals surface area contributed by atoms with Gasteiger partial charge < -0.3 is 9.84 Å². The summed E-state index contributed by atoms with van der Waals surface area (Å²) >= 11 is 0. The standard InChI is InChI=1S/C12H10O.C8H8O2.Hg/c13-12-9-5-4-8-11(12)10-6-2-1-3-7-10;1-7(9)10-8-5-3-2-4-6-8;/h1-9,13H;2-6H,1H3;/q;;+2. The summed E-state index contributed by atoms with van der Waals surface area (Å²) in [6.07, 6.45) is 0. The number of phenols is 1. The second-order valence-electron chi connectivity index (χ2n) is 4.79. The Morgan fingerprint density at radius 2 is 1.29 bits per heavy atom. The van der Waals surface area contributed by atoms with Crippen LogP contribution in [0.5, 0.6) is 11.5 Å². The number of para-hydroxylation sites is 2. The van der Waals surface area contributed by atoms with E-state index in [0.717, 1.165) is 11.1 Å². The molecule has 0 unspecified atom stereocenters. The van der Waals surface area contributed by atoms with Crippen LogP contribution in [0.3, 0.4) is 0 Å². The van der Waals surface area contributed by atoms with Gasteiger partial charge in [0.2, 0.25) is 0 Å². The Morgan fingerprint density at radius 1 is 0.792 bits per heavy atom. The third-order valence-electron chi connectivity index (χ3n) is 2.99. The van der Waals surface area contributed by atoms with Gasteiger partial charge in [-0.05, 0) is 23.8 Å². The molecule has 3 aromatic carbocycles. The average molecular weight is 507 g/mol. The molecule has 0 saturated heterocycles. The molecule has 0 aliphatic carbocycles. The Balaban J connectivity index is 0.000000238. The van der Waals surface area contributed by atoms with E-state index in [1.54, 1.807) is 18.2 Å². The van der Waals surface area contributed by atoms with Crippen molar-refractivity contribution < 1.29 is 42.3 Å². The van der Waals surface area contributed by atoms with Crippen LogP contribution in [0.15, 0.2) is 84.9 Å². The van der Waals surface area contributed by atoms with Crippen molar-refractivity contribution >= 4 is 5.97 Å². The zero-order chi connectivity index (χ0) is 16.5. The molecule has 3 nitrogen and oxygen atoms in total. The van der Waals surface area contributed by atoms with Crippen LogP contribution in [-0.4, -0.2) is 11.1 Å². The first kappa shape index (κ1) is 19.9. The molecular weight excluding hydrogens is 489 g/mol. The smallest absolute Gasteiger partial charge is 0.507 e. The molecule has 1 N–H and O–H groups in total. The van der Waals surface area contributed by atoms with Crippen molar-refractivity contribution in [1.82, 2.24) is 0 Å². The molecule has 0 bridgehead atoms. The van der Waals surface area contributed by atoms with Gasteiger partial charge in [-0.3, -0.25) is 4.79 Å². The molecule has 3 rings (SSSR count). The Bertz CT molecular complexity index is 743. The summed E-state index contributed by atoms with van der Waals surface area (Å²) in [5, 5.41) is 9.56. The predicted octanol–water partition coefficient (Wildman–Crippen LogP) is 4.67. The van der Waals surface area contributed by atoms with E-state index in [-0.39, 0.29) is 33.6 Å². The molecule has 0 amide bonds. The molecule has 116 valence electrons. The van der Waals surface area contributed by atoms with Gasteiger partial charge in [-0.15, -0.1) is 0 Å². The van der Waals surface area contributed by atoms with E-state index in [1.165, 1.54) is 6.92 Å². The zero-order valence-electron chi connectivity index (χ0n) is 13.6. The second-order valence-corrected chi connectivity index (χ2v) is 4.79. The number of hydrogen-bond acceptors (Lipinski definition) is 3. The van der Waals surface area contributed by atoms with E-state index in [1.807, 2.05) is 66.7 Å². The van der Waals surface area contributed by atoms with E-state index in [4.69, 9.17) is 4.74 Å². The second kappa shape index (κ2) is 10.6. The molecule has 0 spiro atoms. The quantitative estimate of drug-likeness (QED) is 0.312. The number of carbonyl (C=O) groups is 1. The van der Waals surface area contributed by atoms with Gasteiger partial charge in [0, 0.05) is 12.5 Å². The number of carbonyl (C=O) groups excluding carboxylic acids is 1. The number of esters is 1. The molecule has 3 aromatic rings. The largest absolute Gasteiger partial charge is 2.00 e. The minimum absolute atomic E-state index is 0. The third kappa shape index (κ3) is 6.55. The van der Waals surface area contributed by atoms with Crippen molar-refractivity contribution in [2.75, 3.05) is 0 Å².